The number of nitrogens with one attached hydrogen (secondary N) is 1. The van der Waals surface area contributed by atoms with Crippen LogP contribution in [0.4, 0.5) is 0 Å². The van der Waals surface area contributed by atoms with Gasteiger partial charge in [0.2, 0.25) is 0 Å². The smallest absolute Gasteiger partial charge is 0.408 e. The van der Waals surface area contributed by atoms with Crippen molar-refractivity contribution in [3.05, 3.63) is 34.3 Å². The molecule has 1 aromatic heterocycles. The molecule has 2 aromatic rings. The van der Waals surface area contributed by atoms with Gasteiger partial charge in [0.25, 0.3) is 0 Å². The largest absolute Gasteiger partial charge is 0.417 e. The van der Waals surface area contributed by atoms with Crippen LogP contribution in [0.1, 0.15) is 10.5 Å². The van der Waals surface area contributed by atoms with Gasteiger partial charge in [-0.15, -0.1) is 0 Å². The summed E-state index contributed by atoms with van der Waals surface area (Å²) in [6.07, 6.45) is 0. The molecule has 0 fully saturated rings. The highest BCUT2D eigenvalue weighted by Crippen LogP contribution is 2.26. The van der Waals surface area contributed by atoms with E-state index in [1.807, 2.05) is 37.2 Å². The van der Waals surface area contributed by atoms with Crippen LogP contribution in [0.3, 0.4) is 0 Å². The number of H-pyrrole nitrogens is 1. The van der Waals surface area contributed by atoms with Crippen molar-refractivity contribution in [1.29, 1.82) is 0 Å². The summed E-state index contributed by atoms with van der Waals surface area (Å²) >= 11 is 3.54. The standard InChI is InChI=1S/C10H11BrN2O2/c1-13(2)9(11)6-3-4-7-8(5-6)15-10(14)12-7/h3-5,9H,1-2H3,(H,12,14). The minimum Gasteiger partial charge on any atom is -0.408 e. The average molecular weight is 271 g/mol. The fraction of sp³-hybridized carbons (Fsp3) is 0.300. The molecule has 0 bridgehead atoms. The fourth-order valence-corrected chi connectivity index (χ4v) is 1.69. The summed E-state index contributed by atoms with van der Waals surface area (Å²) in [5.74, 6) is -0.418. The van der Waals surface area contributed by atoms with Crippen LogP contribution in [0.5, 0.6) is 0 Å². The first kappa shape index (κ1) is 10.4. The lowest BCUT2D eigenvalue weighted by Gasteiger charge is -2.17. The molecule has 80 valence electrons. The number of alkyl halides is 1. The van der Waals surface area contributed by atoms with Crippen molar-refractivity contribution >= 4 is 27.0 Å². The molecule has 1 atom stereocenters. The molecular weight excluding hydrogens is 260 g/mol. The van der Waals surface area contributed by atoms with E-state index < -0.39 is 5.76 Å². The highest BCUT2D eigenvalue weighted by molar-refractivity contribution is 9.09. The predicted octanol–water partition coefficient (Wildman–Crippen LogP) is 2.08. The molecule has 0 amide bonds. The minimum atomic E-state index is -0.418. The molecule has 0 aliphatic carbocycles. The maximum atomic E-state index is 11.0. The summed E-state index contributed by atoms with van der Waals surface area (Å²) < 4.78 is 4.99. The van der Waals surface area contributed by atoms with E-state index >= 15 is 0 Å². The molecule has 1 unspecified atom stereocenters. The van der Waals surface area contributed by atoms with E-state index in [9.17, 15) is 4.79 Å². The topological polar surface area (TPSA) is 49.2 Å². The Hall–Kier alpha value is -1.07. The molecule has 0 aliphatic heterocycles. The van der Waals surface area contributed by atoms with Crippen molar-refractivity contribution in [3.63, 3.8) is 0 Å². The summed E-state index contributed by atoms with van der Waals surface area (Å²) in [5.41, 5.74) is 2.36. The van der Waals surface area contributed by atoms with Gasteiger partial charge in [-0.25, -0.2) is 4.79 Å². The Morgan fingerprint density at radius 1 is 1.47 bits per heavy atom. The fourth-order valence-electron chi connectivity index (χ4n) is 1.41. The molecule has 15 heavy (non-hydrogen) atoms. The first-order valence-electron chi connectivity index (χ1n) is 4.51. The van der Waals surface area contributed by atoms with Crippen LogP contribution in [0.15, 0.2) is 27.4 Å². The van der Waals surface area contributed by atoms with Crippen LogP contribution >= 0.6 is 15.9 Å². The Morgan fingerprint density at radius 3 is 2.87 bits per heavy atom. The van der Waals surface area contributed by atoms with Gasteiger partial charge in [-0.3, -0.25) is 9.88 Å². The van der Waals surface area contributed by atoms with Crippen LogP contribution < -0.4 is 5.76 Å². The molecule has 0 radical (unpaired) electrons. The van der Waals surface area contributed by atoms with Crippen molar-refractivity contribution in [2.24, 2.45) is 0 Å². The number of aromatic amines is 1. The Labute approximate surface area is 95.0 Å². The van der Waals surface area contributed by atoms with Gasteiger partial charge in [-0.1, -0.05) is 22.0 Å². The van der Waals surface area contributed by atoms with Crippen LogP contribution in [-0.2, 0) is 0 Å². The first-order chi connectivity index (χ1) is 7.08. The molecule has 4 nitrogen and oxygen atoms in total. The Morgan fingerprint density at radius 2 is 2.20 bits per heavy atom. The van der Waals surface area contributed by atoms with Crippen molar-refractivity contribution in [2.45, 2.75) is 4.95 Å². The van der Waals surface area contributed by atoms with Gasteiger partial charge in [-0.05, 0) is 31.8 Å². The third-order valence-corrected chi connectivity index (χ3v) is 3.52. The number of hydrogen-bond donors (Lipinski definition) is 1. The van der Waals surface area contributed by atoms with Gasteiger partial charge in [0.05, 0.1) is 10.5 Å². The zero-order valence-corrected chi connectivity index (χ0v) is 10.0. The SMILES string of the molecule is CN(C)C(Br)c1ccc2[nH]c(=O)oc2c1. The molecule has 2 rings (SSSR count). The number of oxazole rings is 1. The summed E-state index contributed by atoms with van der Waals surface area (Å²) in [5, 5.41) is 0. The molecule has 0 spiro atoms. The average Bonchev–Trinajstić information content (AvgIpc) is 2.55. The summed E-state index contributed by atoms with van der Waals surface area (Å²) in [7, 11) is 3.94. The number of aromatic nitrogens is 1. The number of benzene rings is 1. The van der Waals surface area contributed by atoms with Crippen molar-refractivity contribution in [3.8, 4) is 0 Å². The monoisotopic (exact) mass is 270 g/mol. The number of nitrogens with zero attached hydrogens (tertiary/aromatic N) is 1. The zero-order valence-electron chi connectivity index (χ0n) is 8.45. The third kappa shape index (κ3) is 1.98. The second kappa shape index (κ2) is 3.83. The van der Waals surface area contributed by atoms with E-state index in [2.05, 4.69) is 20.9 Å². The summed E-state index contributed by atoms with van der Waals surface area (Å²) in [6.45, 7) is 0. The second-order valence-corrected chi connectivity index (χ2v) is 4.44. The molecule has 1 aromatic carbocycles. The zero-order chi connectivity index (χ0) is 11.0. The maximum Gasteiger partial charge on any atom is 0.417 e. The quantitative estimate of drug-likeness (QED) is 0.672. The number of fused-ring (bicyclic) bond motifs is 1. The van der Waals surface area contributed by atoms with E-state index in [1.165, 1.54) is 0 Å². The molecule has 1 N–H and O–H groups in total. The highest BCUT2D eigenvalue weighted by Gasteiger charge is 2.11. The number of rotatable bonds is 2. The Bertz CT molecular complexity index is 529. The highest BCUT2D eigenvalue weighted by atomic mass is 79.9. The molecular formula is C10H11BrN2O2. The number of hydrogen-bond acceptors (Lipinski definition) is 3. The van der Waals surface area contributed by atoms with Gasteiger partial charge < -0.3 is 4.42 Å². The molecule has 0 saturated heterocycles. The molecule has 5 heteroatoms. The van der Waals surface area contributed by atoms with E-state index in [1.54, 1.807) is 0 Å². The van der Waals surface area contributed by atoms with E-state index in [0.29, 0.717) is 5.58 Å². The van der Waals surface area contributed by atoms with Gasteiger partial charge in [0, 0.05) is 0 Å². The van der Waals surface area contributed by atoms with Crippen molar-refractivity contribution < 1.29 is 4.42 Å². The van der Waals surface area contributed by atoms with Gasteiger partial charge in [0.15, 0.2) is 5.58 Å². The molecule has 1 heterocycles. The molecule has 0 saturated carbocycles. The van der Waals surface area contributed by atoms with Gasteiger partial charge in [-0.2, -0.15) is 0 Å². The lowest BCUT2D eigenvalue weighted by molar-refractivity contribution is 0.398. The Kier molecular flexibility index (Phi) is 2.67. The van der Waals surface area contributed by atoms with E-state index in [0.717, 1.165) is 11.1 Å². The lowest BCUT2D eigenvalue weighted by atomic mass is 10.2. The first-order valence-corrected chi connectivity index (χ1v) is 5.43. The molecule has 0 aliphatic rings. The minimum absolute atomic E-state index is 0.113. The lowest BCUT2D eigenvalue weighted by Crippen LogP contribution is -2.13. The van der Waals surface area contributed by atoms with Crippen LogP contribution in [0, 0.1) is 0 Å². The summed E-state index contributed by atoms with van der Waals surface area (Å²) in [6, 6.07) is 5.65. The second-order valence-electron chi connectivity index (χ2n) is 3.57. The van der Waals surface area contributed by atoms with Crippen LogP contribution in [0.25, 0.3) is 11.1 Å². The van der Waals surface area contributed by atoms with Gasteiger partial charge >= 0.3 is 5.76 Å². The Balaban J connectivity index is 2.50. The normalized spacial score (nSPS) is 13.6. The number of halogens is 1. The van der Waals surface area contributed by atoms with E-state index in [4.69, 9.17) is 4.42 Å². The van der Waals surface area contributed by atoms with Crippen molar-refractivity contribution in [2.75, 3.05) is 14.1 Å². The predicted molar refractivity (Wildman–Crippen MR) is 62.2 cm³/mol. The summed E-state index contributed by atoms with van der Waals surface area (Å²) in [4.78, 5) is 15.7. The van der Waals surface area contributed by atoms with E-state index in [-0.39, 0.29) is 4.95 Å². The third-order valence-electron chi connectivity index (χ3n) is 2.17. The van der Waals surface area contributed by atoms with Crippen LogP contribution in [-0.4, -0.2) is 24.0 Å². The van der Waals surface area contributed by atoms with Crippen LogP contribution in [0.2, 0.25) is 0 Å². The maximum absolute atomic E-state index is 11.0. The van der Waals surface area contributed by atoms with Gasteiger partial charge in [0.1, 0.15) is 0 Å². The van der Waals surface area contributed by atoms with Crippen molar-refractivity contribution in [1.82, 2.24) is 9.88 Å².